The topological polar surface area (TPSA) is 85.9 Å². The van der Waals surface area contributed by atoms with Crippen LogP contribution in [0.3, 0.4) is 0 Å². The van der Waals surface area contributed by atoms with Crippen LogP contribution in [-0.4, -0.2) is 23.4 Å². The Bertz CT molecular complexity index is 613. The van der Waals surface area contributed by atoms with Crippen molar-refractivity contribution in [3.63, 3.8) is 0 Å². The first kappa shape index (κ1) is 15.4. The Balaban J connectivity index is 0.000000399. The van der Waals surface area contributed by atoms with Crippen LogP contribution in [0.2, 0.25) is 0 Å². The summed E-state index contributed by atoms with van der Waals surface area (Å²) in [6, 6.07) is 0. The van der Waals surface area contributed by atoms with Gasteiger partial charge in [0.05, 0.1) is 5.09 Å². The molecule has 0 aromatic carbocycles. The summed E-state index contributed by atoms with van der Waals surface area (Å²) in [4.78, 5) is 8.25. The average molecular weight is 451 g/mol. The number of hydrogen-bond acceptors (Lipinski definition) is 3. The van der Waals surface area contributed by atoms with Crippen molar-refractivity contribution in [1.82, 2.24) is 18.3 Å². The summed E-state index contributed by atoms with van der Waals surface area (Å²) in [6.45, 7) is 0. The van der Waals surface area contributed by atoms with E-state index in [9.17, 15) is 0 Å². The number of imidazole rings is 2. The second-order valence-corrected chi connectivity index (χ2v) is 6.29. The van der Waals surface area contributed by atoms with E-state index in [-0.39, 0.29) is 18.8 Å². The molecule has 0 bridgehead atoms. The molecule has 0 aliphatic rings. The standard InChI is InChI=1S/2C5H8N2.Au.NO3/c2*1-6-3-4-7(2)5-6;;2-1(3)4/h2*3-4H,1-2H3;;/q;;-3;-1. The number of aromatic nitrogens is 4. The van der Waals surface area contributed by atoms with Gasteiger partial charge in [-0.1, -0.05) is 0 Å². The summed E-state index contributed by atoms with van der Waals surface area (Å²) in [7, 11) is 8.42. The van der Waals surface area contributed by atoms with Crippen molar-refractivity contribution in [2.24, 2.45) is 28.2 Å². The Morgan fingerprint density at radius 1 is 0.842 bits per heavy atom. The van der Waals surface area contributed by atoms with Gasteiger partial charge < -0.3 is 15.3 Å². The minimum absolute atomic E-state index is 0.00617. The van der Waals surface area contributed by atoms with Gasteiger partial charge in [0.25, 0.3) is 0 Å². The Labute approximate surface area is 118 Å². The summed E-state index contributed by atoms with van der Waals surface area (Å²) in [6.07, 6.45) is 8.42. The molecule has 0 atom stereocenters. The summed E-state index contributed by atoms with van der Waals surface area (Å²) in [5, 5.41) is 14.8. The Hall–Kier alpha value is -1.64. The van der Waals surface area contributed by atoms with Crippen LogP contribution >= 0.6 is 0 Å². The largest absolute Gasteiger partial charge is 0.356 e. The van der Waals surface area contributed by atoms with E-state index in [0.29, 0.717) is 0 Å². The first-order chi connectivity index (χ1) is 8.82. The summed E-state index contributed by atoms with van der Waals surface area (Å²) < 4.78 is 11.6. The molecule has 0 unspecified atom stereocenters. The first-order valence-corrected chi connectivity index (χ1v) is 7.40. The molecule has 114 valence electrons. The van der Waals surface area contributed by atoms with Crippen molar-refractivity contribution in [3.05, 3.63) is 47.4 Å². The molecule has 0 saturated heterocycles. The van der Waals surface area contributed by atoms with Crippen LogP contribution in [0.1, 0.15) is 0 Å². The van der Waals surface area contributed by atoms with E-state index in [1.54, 1.807) is 0 Å². The zero-order valence-electron chi connectivity index (χ0n) is 11.1. The Morgan fingerprint density at radius 2 is 1.05 bits per heavy atom. The van der Waals surface area contributed by atoms with Gasteiger partial charge in [0.15, 0.2) is 0 Å². The maximum absolute atomic E-state index is 8.25. The number of aryl methyl sites for hydroxylation is 4. The van der Waals surface area contributed by atoms with Gasteiger partial charge in [-0.05, 0) is 0 Å². The van der Waals surface area contributed by atoms with E-state index in [0.717, 1.165) is 0 Å². The number of hydrogen-bond donors (Lipinski definition) is 0. The van der Waals surface area contributed by atoms with Crippen LogP contribution in [0, 0.1) is 22.6 Å². The smallest absolute Gasteiger partial charge is 0.0689 e. The van der Waals surface area contributed by atoms with E-state index in [1.807, 2.05) is 0 Å². The van der Waals surface area contributed by atoms with Gasteiger partial charge in [-0.15, -0.1) is 0 Å². The second-order valence-electron chi connectivity index (χ2n) is 3.81. The number of nitrogens with zero attached hydrogens (tertiary/aromatic N) is 5. The average Bonchev–Trinajstić information content (AvgIpc) is 2.78. The predicted octanol–water partition coefficient (Wildman–Crippen LogP) is 0.648. The van der Waals surface area contributed by atoms with Crippen LogP contribution in [0.25, 0.3) is 0 Å². The zero-order chi connectivity index (χ0) is 14.6. The minimum Gasteiger partial charge on any atom is -0.356 e. The molecule has 2 aromatic rings. The maximum atomic E-state index is 8.25. The molecule has 19 heavy (non-hydrogen) atoms. The third-order valence-corrected chi connectivity index (χ3v) is 6.24. The summed E-state index contributed by atoms with van der Waals surface area (Å²) >= 11 is -0.00617. The SMILES string of the molecule is Cn1ccn(C)[c]1=[Au-3]=[c]1n(C)ccn1C.O=[N+]([O-])[O-]. The zero-order valence-corrected chi connectivity index (χ0v) is 13.2. The predicted molar refractivity (Wildman–Crippen MR) is 65.6 cm³/mol. The normalized spacial score (nSPS) is 10.1. The van der Waals surface area contributed by atoms with Crippen LogP contribution < -0.4 is 0 Å². The molecule has 2 heterocycles. The third-order valence-electron chi connectivity index (χ3n) is 2.22. The van der Waals surface area contributed by atoms with Gasteiger partial charge in [-0.25, -0.2) is 0 Å². The molecule has 2 rings (SSSR count). The molecule has 0 N–H and O–H groups in total. The fourth-order valence-corrected chi connectivity index (χ4v) is 4.00. The minimum atomic E-state index is -1.75. The maximum Gasteiger partial charge on any atom is 0.0689 e. The summed E-state index contributed by atoms with van der Waals surface area (Å²) in [5.41, 5.74) is 0. The quantitative estimate of drug-likeness (QED) is 0.335. The van der Waals surface area contributed by atoms with Gasteiger partial charge in [-0.3, -0.25) is 0 Å². The fourth-order valence-electron chi connectivity index (χ4n) is 1.39. The van der Waals surface area contributed by atoms with Crippen molar-refractivity contribution >= 4 is 0 Å². The van der Waals surface area contributed by atoms with Gasteiger partial charge >= 0.3 is 97.3 Å². The van der Waals surface area contributed by atoms with Crippen LogP contribution in [0.4, 0.5) is 0 Å². The molecule has 0 amide bonds. The van der Waals surface area contributed by atoms with Crippen molar-refractivity contribution in [1.29, 1.82) is 0 Å². The van der Waals surface area contributed by atoms with Gasteiger partial charge in [0, 0.05) is 0 Å². The summed E-state index contributed by atoms with van der Waals surface area (Å²) in [5.74, 6) is 0. The van der Waals surface area contributed by atoms with E-state index in [2.05, 4.69) is 71.2 Å². The Kier molecular flexibility index (Phi) is 5.28. The van der Waals surface area contributed by atoms with Crippen molar-refractivity contribution < 1.29 is 23.9 Å². The van der Waals surface area contributed by atoms with Gasteiger partial charge in [0.2, 0.25) is 0 Å². The van der Waals surface area contributed by atoms with E-state index in [1.165, 1.54) is 7.26 Å². The molecule has 0 aliphatic heterocycles. The third kappa shape index (κ3) is 4.19. The molecular formula is C10H16AuN5O3-4. The van der Waals surface area contributed by atoms with Crippen molar-refractivity contribution in [3.8, 4) is 0 Å². The van der Waals surface area contributed by atoms with Crippen LogP contribution in [0.5, 0.6) is 0 Å². The molecule has 0 spiro atoms. The van der Waals surface area contributed by atoms with E-state index >= 15 is 0 Å². The molecule has 0 fully saturated rings. The molecule has 9 heteroatoms. The van der Waals surface area contributed by atoms with Crippen molar-refractivity contribution in [2.75, 3.05) is 0 Å². The van der Waals surface area contributed by atoms with E-state index in [4.69, 9.17) is 15.3 Å². The van der Waals surface area contributed by atoms with Crippen LogP contribution in [-0.2, 0) is 47.0 Å². The first-order valence-electron chi connectivity index (χ1n) is 5.23. The second kappa shape index (κ2) is 6.50. The molecule has 0 saturated carbocycles. The van der Waals surface area contributed by atoms with E-state index < -0.39 is 5.09 Å². The van der Waals surface area contributed by atoms with Gasteiger partial charge in [0.1, 0.15) is 0 Å². The van der Waals surface area contributed by atoms with Crippen molar-refractivity contribution in [2.45, 2.75) is 0 Å². The molecule has 8 nitrogen and oxygen atoms in total. The van der Waals surface area contributed by atoms with Crippen LogP contribution in [0.15, 0.2) is 24.8 Å². The monoisotopic (exact) mass is 451 g/mol. The molecule has 0 radical (unpaired) electrons. The number of rotatable bonds is 0. The fraction of sp³-hybridized carbons (Fsp3) is 0.400. The van der Waals surface area contributed by atoms with Gasteiger partial charge in [-0.2, -0.15) is 0 Å². The Morgan fingerprint density at radius 3 is 1.26 bits per heavy atom. The molecular weight excluding hydrogens is 435 g/mol. The molecule has 0 aliphatic carbocycles. The molecule has 2 aromatic heterocycles.